The molecule has 0 bridgehead atoms. The molecule has 0 aliphatic carbocycles. The Hall–Kier alpha value is -13.8. The summed E-state index contributed by atoms with van der Waals surface area (Å²) in [4.78, 5) is 17.6. The molecule has 0 fully saturated rings. The van der Waals surface area contributed by atoms with Crippen molar-refractivity contribution in [3.8, 4) is 89.5 Å². The van der Waals surface area contributed by atoms with E-state index < -0.39 is 20.6 Å². The molecule has 0 aliphatic rings. The molecule has 12 aromatic heterocycles. The molecule has 0 radical (unpaired) electrons. The highest BCUT2D eigenvalue weighted by Crippen LogP contribution is 2.45. The first-order valence-corrected chi connectivity index (χ1v) is 44.4. The Balaban J connectivity index is 0.000000127. The van der Waals surface area contributed by atoms with E-state index in [1.165, 1.54) is 44.5 Å². The highest BCUT2D eigenvalue weighted by atomic mass is 16.4. The zero-order valence-electron chi connectivity index (χ0n) is 85.3. The molecule has 0 unspecified atom stereocenters. The zero-order valence-corrected chi connectivity index (χ0v) is 76.3. The fraction of sp³-hybridized carbons (Fsp3) is 0.241. The minimum absolute atomic E-state index is 0.0368. The van der Waals surface area contributed by atoms with Crippen LogP contribution in [0.15, 0.2) is 285 Å². The normalized spacial score (nSPS) is 13.0. The molecule has 0 atom stereocenters. The molecule has 0 saturated heterocycles. The maximum absolute atomic E-state index is 7.73. The third-order valence-electron chi connectivity index (χ3n) is 24.2. The van der Waals surface area contributed by atoms with Crippen LogP contribution in [0.3, 0.4) is 0 Å². The number of aromatic nitrogens is 8. The third kappa shape index (κ3) is 17.7. The van der Waals surface area contributed by atoms with Crippen molar-refractivity contribution in [2.75, 3.05) is 0 Å². The molecule has 12 heterocycles. The van der Waals surface area contributed by atoms with Crippen molar-refractivity contribution in [1.82, 2.24) is 19.9 Å². The van der Waals surface area contributed by atoms with Gasteiger partial charge in [-0.3, -0.25) is 0 Å². The maximum atomic E-state index is 7.73. The number of hydrogen-bond acceptors (Lipinski definition) is 8. The van der Waals surface area contributed by atoms with Crippen LogP contribution in [0, 0.1) is 78.8 Å². The van der Waals surface area contributed by atoms with Crippen LogP contribution >= 0.6 is 0 Å². The Morgan fingerprint density at radius 2 is 0.617 bits per heavy atom. The number of rotatable bonds is 16. The Labute approximate surface area is 764 Å². The standard InChI is InChI=1S/4C29H29N2O/c1-18(2)16-21-8-6-9-22(17-21)23-10-7-15-31(5)27(23)26-19(3)11-13-24-25-14-12-20(4)30-29(25)32-28(24)26;1-18(2)17-21-10-12-22(13-11-21)23-7-6-16-31(5)27(23)26-19(3)8-14-24-25-15-9-20(4)30-29(25)32-28(24)26;1-18(2)15-21-7-6-8-22(16-21)23-11-14-26(31(5)17-23)27-19(3)9-12-24-25-13-10-20(4)30-29(25)32-28(24)27;1-18(2)15-21-7-6-8-22(16-21)23-13-14-31(5)26(17-23)27-19(3)9-11-24-25-12-10-20(4)30-29(25)32-28(24)27/h6-15,17-18H,16H2,1-5H3;6-16,18H,17H2,1-5H3;2*6-14,16-18H,15H2,1-5H3/q4*+1/i2*4D3;;4D3. The van der Waals surface area contributed by atoms with Gasteiger partial charge in [-0.25, -0.2) is 38.2 Å². The minimum atomic E-state index is -2.29. The van der Waals surface area contributed by atoms with Gasteiger partial charge in [0.1, 0.15) is 28.2 Å². The zero-order chi connectivity index (χ0) is 97.1. The Kier molecular flexibility index (Phi) is 21.4. The molecule has 12 nitrogen and oxygen atoms in total. The lowest BCUT2D eigenvalue weighted by molar-refractivity contribution is -0.660. The summed E-state index contributed by atoms with van der Waals surface area (Å²) in [5.41, 5.74) is 33.3. The maximum Gasteiger partial charge on any atom is 0.227 e. The van der Waals surface area contributed by atoms with Gasteiger partial charge in [0.05, 0.1) is 33.4 Å². The first kappa shape index (κ1) is 75.5. The van der Waals surface area contributed by atoms with Gasteiger partial charge in [0.2, 0.25) is 45.6 Å². The van der Waals surface area contributed by atoms with E-state index in [0.29, 0.717) is 46.5 Å². The molecule has 640 valence electrons. The van der Waals surface area contributed by atoms with Gasteiger partial charge in [0.25, 0.3) is 0 Å². The van der Waals surface area contributed by atoms with Gasteiger partial charge in [-0.1, -0.05) is 201 Å². The van der Waals surface area contributed by atoms with Gasteiger partial charge in [0.15, 0.2) is 47.1 Å². The monoisotopic (exact) mass is 1690 g/mol. The van der Waals surface area contributed by atoms with Crippen LogP contribution in [-0.4, -0.2) is 19.9 Å². The summed E-state index contributed by atoms with van der Waals surface area (Å²) in [7, 11) is 8.22. The Bertz CT molecular complexity index is 8010. The van der Waals surface area contributed by atoms with Crippen molar-refractivity contribution in [2.45, 2.75) is 136 Å². The van der Waals surface area contributed by atoms with Crippen LogP contribution in [0.25, 0.3) is 178 Å². The van der Waals surface area contributed by atoms with Crippen molar-refractivity contribution in [1.29, 1.82) is 0 Å². The molecule has 8 aromatic carbocycles. The molecule has 0 N–H and O–H groups in total. The molecule has 0 saturated carbocycles. The molecule has 128 heavy (non-hydrogen) atoms. The van der Waals surface area contributed by atoms with E-state index in [1.54, 1.807) is 36.4 Å². The second kappa shape index (κ2) is 36.3. The number of aryl methyl sites for hydroxylation is 12. The highest BCUT2D eigenvalue weighted by molar-refractivity contribution is 6.13. The first-order valence-electron chi connectivity index (χ1n) is 48.9. The van der Waals surface area contributed by atoms with Crippen molar-refractivity contribution >= 4 is 88.3 Å². The van der Waals surface area contributed by atoms with E-state index in [9.17, 15) is 0 Å². The van der Waals surface area contributed by atoms with Gasteiger partial charge < -0.3 is 17.7 Å². The molecule has 20 aromatic rings. The van der Waals surface area contributed by atoms with Crippen LogP contribution < -0.4 is 18.3 Å². The van der Waals surface area contributed by atoms with E-state index in [0.717, 1.165) is 186 Å². The fourth-order valence-electron chi connectivity index (χ4n) is 18.3. The lowest BCUT2D eigenvalue weighted by atomic mass is 9.92. The first-order chi connectivity index (χ1) is 65.3. The number of benzene rings is 8. The lowest BCUT2D eigenvalue weighted by Gasteiger charge is -2.12. The van der Waals surface area contributed by atoms with Crippen molar-refractivity contribution < 1.29 is 48.3 Å². The number of furan rings is 4. The van der Waals surface area contributed by atoms with E-state index in [-0.39, 0.29) is 17.1 Å². The molecule has 0 amide bonds. The van der Waals surface area contributed by atoms with E-state index in [1.807, 2.05) is 64.7 Å². The van der Waals surface area contributed by atoms with Crippen LogP contribution in [-0.2, 0) is 53.9 Å². The highest BCUT2D eigenvalue weighted by Gasteiger charge is 2.30. The number of nitrogens with zero attached hydrogens (tertiary/aromatic N) is 8. The summed E-state index contributed by atoms with van der Waals surface area (Å²) >= 11 is 0. The second-order valence-corrected chi connectivity index (χ2v) is 36.2. The molecule has 0 aliphatic heterocycles. The van der Waals surface area contributed by atoms with Crippen LogP contribution in [0.1, 0.15) is 135 Å². The minimum Gasteiger partial charge on any atom is -0.437 e. The van der Waals surface area contributed by atoms with E-state index in [4.69, 9.17) is 30.0 Å². The third-order valence-corrected chi connectivity index (χ3v) is 24.2. The number of hydrogen-bond donors (Lipinski definition) is 0. The number of pyridine rings is 8. The lowest BCUT2D eigenvalue weighted by Crippen LogP contribution is -2.31. The Morgan fingerprint density at radius 3 is 1.04 bits per heavy atom. The predicted molar refractivity (Wildman–Crippen MR) is 526 cm³/mol. The van der Waals surface area contributed by atoms with Gasteiger partial charge >= 0.3 is 0 Å². The van der Waals surface area contributed by atoms with Crippen molar-refractivity contribution in [3.05, 3.63) is 335 Å². The molecular weight excluding hydrogens is 1570 g/mol. The fourth-order valence-corrected chi connectivity index (χ4v) is 18.3. The van der Waals surface area contributed by atoms with Gasteiger partial charge in [-0.05, 0) is 244 Å². The quantitative estimate of drug-likeness (QED) is 0.0878. The molecule has 12 heteroatoms. The van der Waals surface area contributed by atoms with Gasteiger partial charge in [0, 0.05) is 114 Å². The molecule has 0 spiro atoms. The smallest absolute Gasteiger partial charge is 0.227 e. The largest absolute Gasteiger partial charge is 0.437 e. The van der Waals surface area contributed by atoms with Crippen LogP contribution in [0.5, 0.6) is 0 Å². The second-order valence-electron chi connectivity index (χ2n) is 36.2. The number of fused-ring (bicyclic) bond motifs is 12. The summed E-state index contributed by atoms with van der Waals surface area (Å²) in [5, 5.41) is 7.39. The molecular formula is C116H116N8O4+4. The van der Waals surface area contributed by atoms with Crippen LogP contribution in [0.4, 0.5) is 0 Å². The summed E-state index contributed by atoms with van der Waals surface area (Å²) in [6, 6.07) is 83.2. The average Bonchev–Trinajstić information content (AvgIpc) is 1.62. The molecule has 20 rings (SSSR count). The van der Waals surface area contributed by atoms with Crippen molar-refractivity contribution in [3.63, 3.8) is 0 Å². The average molecular weight is 1700 g/mol. The summed E-state index contributed by atoms with van der Waals surface area (Å²) < 4.78 is 103. The van der Waals surface area contributed by atoms with E-state index >= 15 is 0 Å². The Morgan fingerprint density at radius 1 is 0.273 bits per heavy atom. The predicted octanol–water partition coefficient (Wildman–Crippen LogP) is 27.8. The van der Waals surface area contributed by atoms with Crippen molar-refractivity contribution in [2.24, 2.45) is 51.9 Å². The summed E-state index contributed by atoms with van der Waals surface area (Å²) in [6.07, 6.45) is 12.6. The SMILES string of the molecule is Cc1ccc2c(n1)oc1c(-c3ccc(-c4cccc(CC(C)C)c4)c[n+]3C)c(C)ccc12.[2H]C([2H])([2H])c1ccc2c(n1)oc1c(-c3c(-c4ccc(CC(C)C)cc4)ccc[n+]3C)c(C)ccc12.[2H]C([2H])([2H])c1ccc2c(n1)oc1c(-c3c(-c4cccc(CC(C)C)c4)ccc[n+]3C)c(C)ccc12.[2H]C([2H])([2H])c1ccc2c(n1)oc1c(-c3cc(-c4cccc(CC(C)C)c4)cc[n+]3C)c(C)ccc12. The van der Waals surface area contributed by atoms with Gasteiger partial charge in [-0.15, -0.1) is 0 Å². The summed E-state index contributed by atoms with van der Waals surface area (Å²) in [5.74, 6) is 2.44. The topological polar surface area (TPSA) is 120 Å². The van der Waals surface area contributed by atoms with Gasteiger partial charge in [-0.2, -0.15) is 0 Å². The van der Waals surface area contributed by atoms with Crippen LogP contribution in [0.2, 0.25) is 0 Å². The van der Waals surface area contributed by atoms with E-state index in [2.05, 4.69) is 323 Å². The summed E-state index contributed by atoms with van der Waals surface area (Å²) in [6.45, 7) is 21.4.